The van der Waals surface area contributed by atoms with E-state index >= 15 is 0 Å². The summed E-state index contributed by atoms with van der Waals surface area (Å²) in [7, 11) is 0. The van der Waals surface area contributed by atoms with Crippen molar-refractivity contribution in [2.45, 2.75) is 72.1 Å². The van der Waals surface area contributed by atoms with Crippen molar-refractivity contribution >= 4 is 11.6 Å². The van der Waals surface area contributed by atoms with Crippen molar-refractivity contribution in [2.75, 3.05) is 0 Å². The van der Waals surface area contributed by atoms with Crippen LogP contribution in [0.4, 0.5) is 0 Å². The van der Waals surface area contributed by atoms with Crippen LogP contribution < -0.4 is 0 Å². The van der Waals surface area contributed by atoms with E-state index in [9.17, 15) is 9.59 Å². The smallest absolute Gasteiger partial charge is 0.166 e. The van der Waals surface area contributed by atoms with E-state index in [4.69, 9.17) is 0 Å². The lowest BCUT2D eigenvalue weighted by molar-refractivity contribution is -0.131. The second kappa shape index (κ2) is 6.65. The minimum Gasteiger partial charge on any atom is -0.299 e. The molecule has 3 saturated carbocycles. The van der Waals surface area contributed by atoms with Gasteiger partial charge in [0, 0.05) is 23.3 Å². The minimum atomic E-state index is -0.0547. The van der Waals surface area contributed by atoms with E-state index in [2.05, 4.69) is 19.9 Å². The Kier molecular flexibility index (Phi) is 4.42. The zero-order valence-electron chi connectivity index (χ0n) is 18.2. The fourth-order valence-electron chi connectivity index (χ4n) is 7.73. The van der Waals surface area contributed by atoms with Crippen molar-refractivity contribution in [3.8, 4) is 0 Å². The first kappa shape index (κ1) is 19.3. The van der Waals surface area contributed by atoms with Crippen LogP contribution in [0.2, 0.25) is 0 Å². The molecule has 4 aliphatic carbocycles. The number of ketones is 2. The molecule has 6 unspecified atom stereocenters. The summed E-state index contributed by atoms with van der Waals surface area (Å²) in [4.78, 5) is 25.8. The van der Waals surface area contributed by atoms with E-state index in [-0.39, 0.29) is 16.7 Å². The number of Topliss-reactive ketones (excluding diaryl/α,β-unsaturated/α-hetero) is 2. The van der Waals surface area contributed by atoms with Gasteiger partial charge < -0.3 is 0 Å². The predicted octanol–water partition coefficient (Wildman–Crippen LogP) is 6.33. The molecule has 1 aromatic rings. The molecule has 0 heterocycles. The van der Waals surface area contributed by atoms with Crippen LogP contribution in [0.15, 0.2) is 35.9 Å². The molecule has 0 spiro atoms. The molecule has 0 N–H and O–H groups in total. The Morgan fingerprint density at radius 3 is 2.52 bits per heavy atom. The minimum absolute atomic E-state index is 0.0547. The van der Waals surface area contributed by atoms with E-state index < -0.39 is 0 Å². The van der Waals surface area contributed by atoms with Crippen molar-refractivity contribution in [3.05, 3.63) is 47.0 Å². The van der Waals surface area contributed by atoms with Gasteiger partial charge in [0.2, 0.25) is 0 Å². The number of hydrogen-bond donors (Lipinski definition) is 0. The summed E-state index contributed by atoms with van der Waals surface area (Å²) in [6.45, 7) is 6.78. The SMILES string of the molecule is Cc1ccccc1C(=O)C1CCC2(C)C(=CCC3C4CCC(=O)C4(C)CCC32)C1. The lowest BCUT2D eigenvalue weighted by Crippen LogP contribution is -2.50. The maximum absolute atomic E-state index is 13.2. The Balaban J connectivity index is 1.40. The summed E-state index contributed by atoms with van der Waals surface area (Å²) in [6.07, 6.45) is 10.8. The second-order valence-corrected chi connectivity index (χ2v) is 10.8. The first-order valence-electron chi connectivity index (χ1n) is 11.7. The number of benzene rings is 1. The fourth-order valence-corrected chi connectivity index (χ4v) is 7.73. The highest BCUT2D eigenvalue weighted by atomic mass is 16.1. The van der Waals surface area contributed by atoms with Crippen molar-refractivity contribution < 1.29 is 9.59 Å². The van der Waals surface area contributed by atoms with Gasteiger partial charge in [0.25, 0.3) is 0 Å². The number of carbonyl (C=O) groups excluding carboxylic acids is 2. The maximum atomic E-state index is 13.2. The van der Waals surface area contributed by atoms with Crippen LogP contribution in [-0.2, 0) is 4.79 Å². The Bertz CT molecular complexity index is 896. The number of allylic oxidation sites excluding steroid dienone is 2. The predicted molar refractivity (Wildman–Crippen MR) is 116 cm³/mol. The van der Waals surface area contributed by atoms with Crippen molar-refractivity contribution in [1.29, 1.82) is 0 Å². The number of aryl methyl sites for hydroxylation is 1. The van der Waals surface area contributed by atoms with E-state index in [0.717, 1.165) is 56.1 Å². The third-order valence-corrected chi connectivity index (χ3v) is 9.59. The van der Waals surface area contributed by atoms with Crippen LogP contribution in [0.25, 0.3) is 0 Å². The summed E-state index contributed by atoms with van der Waals surface area (Å²) in [5.74, 6) is 2.93. The molecule has 0 saturated heterocycles. The Hall–Kier alpha value is -1.70. The quantitative estimate of drug-likeness (QED) is 0.437. The van der Waals surface area contributed by atoms with Crippen LogP contribution >= 0.6 is 0 Å². The van der Waals surface area contributed by atoms with Gasteiger partial charge in [-0.05, 0) is 80.6 Å². The summed E-state index contributed by atoms with van der Waals surface area (Å²) in [5, 5.41) is 0. The summed E-state index contributed by atoms with van der Waals surface area (Å²) >= 11 is 0. The lowest BCUT2D eigenvalue weighted by Gasteiger charge is -2.57. The molecule has 0 radical (unpaired) electrons. The van der Waals surface area contributed by atoms with Gasteiger partial charge in [0.15, 0.2) is 5.78 Å². The van der Waals surface area contributed by atoms with Gasteiger partial charge in [-0.3, -0.25) is 9.59 Å². The number of hydrogen-bond acceptors (Lipinski definition) is 2. The average molecular weight is 391 g/mol. The lowest BCUT2D eigenvalue weighted by atomic mass is 9.47. The molecular formula is C27H34O2. The molecule has 154 valence electrons. The maximum Gasteiger partial charge on any atom is 0.166 e. The normalized spacial score (nSPS) is 41.2. The highest BCUT2D eigenvalue weighted by Gasteiger charge is 2.58. The first-order valence-corrected chi connectivity index (χ1v) is 11.7. The van der Waals surface area contributed by atoms with Gasteiger partial charge in [0.05, 0.1) is 0 Å². The number of carbonyl (C=O) groups is 2. The van der Waals surface area contributed by atoms with Crippen molar-refractivity contribution in [2.24, 2.45) is 34.5 Å². The zero-order chi connectivity index (χ0) is 20.4. The number of rotatable bonds is 2. The zero-order valence-corrected chi connectivity index (χ0v) is 18.2. The molecule has 0 bridgehead atoms. The average Bonchev–Trinajstić information content (AvgIpc) is 3.02. The van der Waals surface area contributed by atoms with Gasteiger partial charge in [-0.25, -0.2) is 0 Å². The summed E-state index contributed by atoms with van der Waals surface area (Å²) in [5.41, 5.74) is 3.73. The number of fused-ring (bicyclic) bond motifs is 5. The highest BCUT2D eigenvalue weighted by molar-refractivity contribution is 5.99. The van der Waals surface area contributed by atoms with Gasteiger partial charge in [-0.15, -0.1) is 0 Å². The first-order chi connectivity index (χ1) is 13.8. The molecule has 2 nitrogen and oxygen atoms in total. The van der Waals surface area contributed by atoms with Gasteiger partial charge in [0.1, 0.15) is 5.78 Å². The van der Waals surface area contributed by atoms with Crippen LogP contribution in [0.3, 0.4) is 0 Å². The molecule has 2 heteroatoms. The molecule has 0 aliphatic heterocycles. The molecule has 0 aromatic heterocycles. The molecule has 4 aliphatic rings. The van der Waals surface area contributed by atoms with E-state index in [1.807, 2.05) is 31.2 Å². The largest absolute Gasteiger partial charge is 0.299 e. The third kappa shape index (κ3) is 2.74. The third-order valence-electron chi connectivity index (χ3n) is 9.59. The molecule has 6 atom stereocenters. The summed E-state index contributed by atoms with van der Waals surface area (Å²) < 4.78 is 0. The summed E-state index contributed by atoms with van der Waals surface area (Å²) in [6, 6.07) is 8.04. The van der Waals surface area contributed by atoms with Crippen LogP contribution in [-0.4, -0.2) is 11.6 Å². The van der Waals surface area contributed by atoms with E-state index in [0.29, 0.717) is 29.3 Å². The van der Waals surface area contributed by atoms with Gasteiger partial charge in [-0.2, -0.15) is 0 Å². The molecule has 0 amide bonds. The molecule has 1 aromatic carbocycles. The van der Waals surface area contributed by atoms with Crippen LogP contribution in [0, 0.1) is 41.4 Å². The second-order valence-electron chi connectivity index (χ2n) is 10.8. The van der Waals surface area contributed by atoms with Crippen molar-refractivity contribution in [3.63, 3.8) is 0 Å². The Morgan fingerprint density at radius 1 is 1.00 bits per heavy atom. The fraction of sp³-hybridized carbons (Fsp3) is 0.630. The molecule has 3 fully saturated rings. The standard InChI is InChI=1S/C27H34O2/c1-17-6-4-5-7-20(17)25(29)18-12-14-26(2)19(16-18)8-9-21-22-10-11-24(28)27(22,3)15-13-23(21)26/h4-8,18,21-23H,9-16H2,1-3H3. The molecular weight excluding hydrogens is 356 g/mol. The molecule has 5 rings (SSSR count). The van der Waals surface area contributed by atoms with Crippen molar-refractivity contribution in [1.82, 2.24) is 0 Å². The van der Waals surface area contributed by atoms with E-state index in [1.165, 1.54) is 6.42 Å². The van der Waals surface area contributed by atoms with Gasteiger partial charge >= 0.3 is 0 Å². The Morgan fingerprint density at radius 2 is 1.72 bits per heavy atom. The van der Waals surface area contributed by atoms with Crippen LogP contribution in [0.5, 0.6) is 0 Å². The molecule has 29 heavy (non-hydrogen) atoms. The Labute approximate surface area is 175 Å². The van der Waals surface area contributed by atoms with E-state index in [1.54, 1.807) is 5.57 Å². The van der Waals surface area contributed by atoms with Gasteiger partial charge in [-0.1, -0.05) is 49.8 Å². The topological polar surface area (TPSA) is 34.1 Å². The van der Waals surface area contributed by atoms with Crippen LogP contribution in [0.1, 0.15) is 81.1 Å². The highest BCUT2D eigenvalue weighted by Crippen LogP contribution is 2.64. The monoisotopic (exact) mass is 390 g/mol.